The average molecular weight is 451 g/mol. The van der Waals surface area contributed by atoms with Crippen LogP contribution < -0.4 is 16.2 Å². The molecule has 0 saturated carbocycles. The third-order valence-corrected chi connectivity index (χ3v) is 5.41. The minimum atomic E-state index is -1.01. The first-order chi connectivity index (χ1) is 15.4. The molecular formula is C24H26N4O3S. The van der Waals surface area contributed by atoms with Crippen molar-refractivity contribution in [3.8, 4) is 11.1 Å². The summed E-state index contributed by atoms with van der Waals surface area (Å²) in [6.45, 7) is 2.07. The number of anilines is 1. The van der Waals surface area contributed by atoms with Crippen molar-refractivity contribution in [2.45, 2.75) is 32.6 Å². The topological polar surface area (TPSA) is 107 Å². The van der Waals surface area contributed by atoms with E-state index < -0.39 is 5.97 Å². The summed E-state index contributed by atoms with van der Waals surface area (Å²) in [5.74, 6) is -0.723. The number of carbonyl (C=O) groups is 1. The zero-order valence-electron chi connectivity index (χ0n) is 18.1. The molecule has 3 rings (SSSR count). The molecule has 1 aromatic heterocycles. The van der Waals surface area contributed by atoms with E-state index >= 15 is 0 Å². The second kappa shape index (κ2) is 10.7. The maximum atomic E-state index is 12.9. The van der Waals surface area contributed by atoms with Crippen LogP contribution in [0.3, 0.4) is 0 Å². The zero-order chi connectivity index (χ0) is 23.1. The first kappa shape index (κ1) is 23.1. The maximum absolute atomic E-state index is 12.9. The highest BCUT2D eigenvalue weighted by Crippen LogP contribution is 2.26. The SMILES string of the molecule is CCCCc1nc(NC(=S)NC)[nH]c(=O)c1Cc1ccc(-c2ccccc2)c(C(=O)O)c1. The normalized spacial score (nSPS) is 10.6. The van der Waals surface area contributed by atoms with E-state index in [9.17, 15) is 14.7 Å². The Kier molecular flexibility index (Phi) is 7.72. The Hall–Kier alpha value is -3.52. The largest absolute Gasteiger partial charge is 0.478 e. The summed E-state index contributed by atoms with van der Waals surface area (Å²) in [4.78, 5) is 32.1. The molecular weight excluding hydrogens is 424 g/mol. The fraction of sp³-hybridized carbons (Fsp3) is 0.250. The van der Waals surface area contributed by atoms with E-state index in [1.807, 2.05) is 36.4 Å². The highest BCUT2D eigenvalue weighted by Gasteiger charge is 2.16. The Morgan fingerprint density at radius 3 is 2.59 bits per heavy atom. The van der Waals surface area contributed by atoms with Crippen LogP contribution in [0.25, 0.3) is 11.1 Å². The molecule has 0 saturated heterocycles. The number of unbranched alkanes of at least 4 members (excludes halogenated alkanes) is 1. The van der Waals surface area contributed by atoms with Gasteiger partial charge in [0, 0.05) is 19.0 Å². The number of hydrogen-bond acceptors (Lipinski definition) is 4. The summed E-state index contributed by atoms with van der Waals surface area (Å²) >= 11 is 5.10. The van der Waals surface area contributed by atoms with Gasteiger partial charge in [-0.05, 0) is 47.8 Å². The first-order valence-electron chi connectivity index (χ1n) is 10.4. The molecule has 8 heteroatoms. The lowest BCUT2D eigenvalue weighted by Crippen LogP contribution is -2.28. The summed E-state index contributed by atoms with van der Waals surface area (Å²) in [6, 6.07) is 14.7. The molecule has 0 spiro atoms. The van der Waals surface area contributed by atoms with Crippen LogP contribution in [0.5, 0.6) is 0 Å². The van der Waals surface area contributed by atoms with Crippen LogP contribution in [0.1, 0.15) is 46.9 Å². The maximum Gasteiger partial charge on any atom is 0.336 e. The lowest BCUT2D eigenvalue weighted by atomic mass is 9.94. The van der Waals surface area contributed by atoms with Crippen molar-refractivity contribution in [3.05, 3.63) is 81.3 Å². The summed E-state index contributed by atoms with van der Waals surface area (Å²) < 4.78 is 0. The molecule has 0 bridgehead atoms. The molecule has 3 aromatic rings. The minimum Gasteiger partial charge on any atom is -0.478 e. The highest BCUT2D eigenvalue weighted by atomic mass is 32.1. The van der Waals surface area contributed by atoms with Gasteiger partial charge < -0.3 is 15.7 Å². The molecule has 0 amide bonds. The summed E-state index contributed by atoms with van der Waals surface area (Å²) in [5, 5.41) is 15.8. The molecule has 0 unspecified atom stereocenters. The number of rotatable bonds is 8. The second-order valence-corrected chi connectivity index (χ2v) is 7.78. The minimum absolute atomic E-state index is 0.200. The van der Waals surface area contributed by atoms with Gasteiger partial charge in [0.05, 0.1) is 11.3 Å². The van der Waals surface area contributed by atoms with Crippen LogP contribution >= 0.6 is 12.2 Å². The van der Waals surface area contributed by atoms with Crippen LogP contribution in [-0.4, -0.2) is 33.2 Å². The Morgan fingerprint density at radius 1 is 1.19 bits per heavy atom. The predicted molar refractivity (Wildman–Crippen MR) is 130 cm³/mol. The number of hydrogen-bond donors (Lipinski definition) is 4. The molecule has 0 aliphatic carbocycles. The third kappa shape index (κ3) is 5.59. The van der Waals surface area contributed by atoms with E-state index in [2.05, 4.69) is 27.5 Å². The molecule has 4 N–H and O–H groups in total. The van der Waals surface area contributed by atoms with Crippen molar-refractivity contribution in [3.63, 3.8) is 0 Å². The van der Waals surface area contributed by atoms with Gasteiger partial charge in [-0.25, -0.2) is 9.78 Å². The predicted octanol–water partition coefficient (Wildman–Crippen LogP) is 3.98. The quantitative estimate of drug-likeness (QED) is 0.385. The Morgan fingerprint density at radius 2 is 1.94 bits per heavy atom. The van der Waals surface area contributed by atoms with Gasteiger partial charge in [-0.15, -0.1) is 0 Å². The van der Waals surface area contributed by atoms with Crippen LogP contribution in [0.2, 0.25) is 0 Å². The van der Waals surface area contributed by atoms with Crippen LogP contribution in [0, 0.1) is 0 Å². The van der Waals surface area contributed by atoms with Gasteiger partial charge in [-0.3, -0.25) is 9.78 Å². The first-order valence-corrected chi connectivity index (χ1v) is 10.9. The third-order valence-electron chi connectivity index (χ3n) is 5.11. The molecule has 166 valence electrons. The Bertz CT molecular complexity index is 1180. The summed E-state index contributed by atoms with van der Waals surface area (Å²) in [5.41, 5.74) is 3.35. The number of aromatic nitrogens is 2. The molecule has 0 fully saturated rings. The number of aryl methyl sites for hydroxylation is 1. The molecule has 0 radical (unpaired) electrons. The zero-order valence-corrected chi connectivity index (χ0v) is 18.9. The summed E-state index contributed by atoms with van der Waals surface area (Å²) in [7, 11) is 1.68. The van der Waals surface area contributed by atoms with Gasteiger partial charge in [0.15, 0.2) is 5.11 Å². The van der Waals surface area contributed by atoms with E-state index in [0.717, 1.165) is 24.0 Å². The molecule has 0 aliphatic heterocycles. The fourth-order valence-electron chi connectivity index (χ4n) is 3.46. The van der Waals surface area contributed by atoms with Gasteiger partial charge in [0.25, 0.3) is 5.56 Å². The second-order valence-electron chi connectivity index (χ2n) is 7.38. The van der Waals surface area contributed by atoms with Gasteiger partial charge in [-0.2, -0.15) is 0 Å². The van der Waals surface area contributed by atoms with Crippen molar-refractivity contribution in [2.24, 2.45) is 0 Å². The van der Waals surface area contributed by atoms with Crippen LogP contribution in [0.15, 0.2) is 53.3 Å². The smallest absolute Gasteiger partial charge is 0.336 e. The van der Waals surface area contributed by atoms with E-state index in [-0.39, 0.29) is 23.5 Å². The molecule has 2 aromatic carbocycles. The Balaban J connectivity index is 2.00. The molecule has 0 aliphatic rings. The van der Waals surface area contributed by atoms with Crippen molar-refractivity contribution >= 4 is 29.2 Å². The van der Waals surface area contributed by atoms with Gasteiger partial charge >= 0.3 is 5.97 Å². The van der Waals surface area contributed by atoms with Gasteiger partial charge in [0.2, 0.25) is 5.95 Å². The number of H-pyrrole nitrogens is 1. The number of nitrogens with zero attached hydrogens (tertiary/aromatic N) is 1. The lowest BCUT2D eigenvalue weighted by molar-refractivity contribution is 0.0697. The van der Waals surface area contributed by atoms with E-state index in [1.165, 1.54) is 0 Å². The summed E-state index contributed by atoms with van der Waals surface area (Å²) in [6.07, 6.45) is 2.77. The molecule has 1 heterocycles. The molecule has 0 atom stereocenters. The molecule has 32 heavy (non-hydrogen) atoms. The van der Waals surface area contributed by atoms with Gasteiger partial charge in [0.1, 0.15) is 0 Å². The van der Waals surface area contributed by atoms with E-state index in [1.54, 1.807) is 19.2 Å². The highest BCUT2D eigenvalue weighted by molar-refractivity contribution is 7.80. The average Bonchev–Trinajstić information content (AvgIpc) is 2.80. The van der Waals surface area contributed by atoms with E-state index in [4.69, 9.17) is 12.2 Å². The van der Waals surface area contributed by atoms with Crippen molar-refractivity contribution in [1.29, 1.82) is 0 Å². The number of carboxylic acid groups (broad SMARTS) is 1. The Labute approximate surface area is 191 Å². The fourth-order valence-corrected chi connectivity index (χ4v) is 3.56. The van der Waals surface area contributed by atoms with Gasteiger partial charge in [-0.1, -0.05) is 55.8 Å². The number of carboxylic acids is 1. The number of aromatic carboxylic acids is 1. The van der Waals surface area contributed by atoms with E-state index in [0.29, 0.717) is 28.4 Å². The van der Waals surface area contributed by atoms with Crippen molar-refractivity contribution < 1.29 is 9.90 Å². The number of benzene rings is 2. The molecule has 7 nitrogen and oxygen atoms in total. The number of aromatic amines is 1. The monoisotopic (exact) mass is 450 g/mol. The standard InChI is InChI=1S/C24H26N4O3S/c1-3-4-10-20-19(21(29)27-23(26-20)28-24(32)25-2)14-15-11-12-17(18(13-15)22(30)31)16-8-6-5-7-9-16/h5-9,11-13H,3-4,10,14H2,1-2H3,(H,30,31)(H3,25,26,27,28,29,32). The number of nitrogens with one attached hydrogen (secondary N) is 3. The van der Waals surface area contributed by atoms with Crippen molar-refractivity contribution in [2.75, 3.05) is 12.4 Å². The number of thiocarbonyl (C=S) groups is 1. The van der Waals surface area contributed by atoms with Crippen LogP contribution in [0.4, 0.5) is 5.95 Å². The lowest BCUT2D eigenvalue weighted by Gasteiger charge is -2.13. The van der Waals surface area contributed by atoms with Crippen LogP contribution in [-0.2, 0) is 12.8 Å². The van der Waals surface area contributed by atoms with Crippen molar-refractivity contribution in [1.82, 2.24) is 15.3 Å².